The minimum absolute atomic E-state index is 0.0252. The number of sulfonamides is 1. The molecule has 2 aromatic carbocycles. The van der Waals surface area contributed by atoms with Crippen LogP contribution in [0.4, 0.5) is 0 Å². The third-order valence-electron chi connectivity index (χ3n) is 4.54. The van der Waals surface area contributed by atoms with Crippen molar-refractivity contribution in [1.29, 1.82) is 0 Å². The summed E-state index contributed by atoms with van der Waals surface area (Å²) in [5.41, 5.74) is 7.82. The van der Waals surface area contributed by atoms with E-state index in [4.69, 9.17) is 9.88 Å². The largest absolute Gasteiger partial charge is 0.497 e. The number of hydrogen-bond acceptors (Lipinski definition) is 6. The molecule has 1 aliphatic rings. The van der Waals surface area contributed by atoms with Crippen molar-refractivity contribution in [2.24, 2.45) is 11.1 Å². The van der Waals surface area contributed by atoms with E-state index in [2.05, 4.69) is 16.2 Å². The summed E-state index contributed by atoms with van der Waals surface area (Å²) in [5, 5.41) is 7.96. The van der Waals surface area contributed by atoms with Crippen molar-refractivity contribution in [1.82, 2.24) is 16.2 Å². The SMILES string of the molecule is COc1ccc(C2NNCC2CNC(=O)c2ccc(S(N)(=O)=O)cc2)cc1. The molecule has 0 aliphatic carbocycles. The number of carbonyl (C=O) groups is 1. The fraction of sp³-hybridized carbons (Fsp3) is 0.278. The van der Waals surface area contributed by atoms with Crippen molar-refractivity contribution < 1.29 is 17.9 Å². The molecule has 5 N–H and O–H groups in total. The molecule has 0 bridgehead atoms. The Labute approximate surface area is 158 Å². The average Bonchev–Trinajstić information content (AvgIpc) is 3.14. The number of hydrazine groups is 1. The quantitative estimate of drug-likeness (QED) is 0.571. The van der Waals surface area contributed by atoms with Crippen molar-refractivity contribution in [3.05, 3.63) is 59.7 Å². The van der Waals surface area contributed by atoms with E-state index in [1.807, 2.05) is 24.3 Å². The first kappa shape index (κ1) is 19.3. The zero-order chi connectivity index (χ0) is 19.4. The molecule has 0 saturated carbocycles. The molecular formula is C18H22N4O4S. The Balaban J connectivity index is 1.62. The highest BCUT2D eigenvalue weighted by atomic mass is 32.2. The van der Waals surface area contributed by atoms with Crippen LogP contribution in [-0.2, 0) is 10.0 Å². The first-order chi connectivity index (χ1) is 12.9. The third-order valence-corrected chi connectivity index (χ3v) is 5.47. The molecule has 27 heavy (non-hydrogen) atoms. The van der Waals surface area contributed by atoms with E-state index in [1.54, 1.807) is 7.11 Å². The minimum Gasteiger partial charge on any atom is -0.497 e. The average molecular weight is 390 g/mol. The van der Waals surface area contributed by atoms with Crippen LogP contribution in [0.3, 0.4) is 0 Å². The Morgan fingerprint density at radius 3 is 2.44 bits per heavy atom. The van der Waals surface area contributed by atoms with Crippen LogP contribution < -0.4 is 26.0 Å². The van der Waals surface area contributed by atoms with Crippen LogP contribution in [0.5, 0.6) is 5.75 Å². The number of nitrogens with one attached hydrogen (secondary N) is 3. The van der Waals surface area contributed by atoms with Crippen molar-refractivity contribution in [2.45, 2.75) is 10.9 Å². The van der Waals surface area contributed by atoms with E-state index in [0.717, 1.165) is 11.3 Å². The molecule has 0 aromatic heterocycles. The van der Waals surface area contributed by atoms with Gasteiger partial charge in [0.2, 0.25) is 10.0 Å². The summed E-state index contributed by atoms with van der Waals surface area (Å²) in [6, 6.07) is 13.4. The highest BCUT2D eigenvalue weighted by molar-refractivity contribution is 7.89. The maximum absolute atomic E-state index is 12.3. The maximum atomic E-state index is 12.3. The van der Waals surface area contributed by atoms with Crippen LogP contribution in [-0.4, -0.2) is 34.5 Å². The van der Waals surface area contributed by atoms with E-state index in [1.165, 1.54) is 24.3 Å². The van der Waals surface area contributed by atoms with E-state index in [9.17, 15) is 13.2 Å². The summed E-state index contributed by atoms with van der Waals surface area (Å²) in [6.07, 6.45) is 0. The van der Waals surface area contributed by atoms with Crippen LogP contribution in [0.15, 0.2) is 53.4 Å². The lowest BCUT2D eigenvalue weighted by molar-refractivity contribution is 0.0946. The van der Waals surface area contributed by atoms with Gasteiger partial charge in [-0.1, -0.05) is 12.1 Å². The van der Waals surface area contributed by atoms with Gasteiger partial charge in [0.05, 0.1) is 18.0 Å². The summed E-state index contributed by atoms with van der Waals surface area (Å²) in [4.78, 5) is 12.3. The Morgan fingerprint density at radius 1 is 1.19 bits per heavy atom. The highest BCUT2D eigenvalue weighted by Gasteiger charge is 2.28. The molecule has 1 aliphatic heterocycles. The number of ether oxygens (including phenoxy) is 1. The van der Waals surface area contributed by atoms with Gasteiger partial charge in [-0.3, -0.25) is 10.2 Å². The topological polar surface area (TPSA) is 123 Å². The zero-order valence-electron chi connectivity index (χ0n) is 14.8. The zero-order valence-corrected chi connectivity index (χ0v) is 15.6. The number of rotatable bonds is 6. The Bertz CT molecular complexity index is 898. The second kappa shape index (κ2) is 8.05. The Hall–Kier alpha value is -2.46. The Morgan fingerprint density at radius 2 is 1.85 bits per heavy atom. The van der Waals surface area contributed by atoms with Gasteiger partial charge in [-0.15, -0.1) is 0 Å². The number of hydrogen-bond donors (Lipinski definition) is 4. The summed E-state index contributed by atoms with van der Waals surface area (Å²) in [5.74, 6) is 0.680. The highest BCUT2D eigenvalue weighted by Crippen LogP contribution is 2.26. The molecule has 2 unspecified atom stereocenters. The van der Waals surface area contributed by atoms with E-state index >= 15 is 0 Å². The molecule has 1 saturated heterocycles. The fourth-order valence-corrected chi connectivity index (χ4v) is 3.53. The third kappa shape index (κ3) is 4.64. The summed E-state index contributed by atoms with van der Waals surface area (Å²) in [7, 11) is -2.15. The molecule has 2 aromatic rings. The fourth-order valence-electron chi connectivity index (χ4n) is 3.01. The summed E-state index contributed by atoms with van der Waals surface area (Å²) in [6.45, 7) is 1.17. The molecule has 8 nitrogen and oxygen atoms in total. The predicted molar refractivity (Wildman–Crippen MR) is 101 cm³/mol. The lowest BCUT2D eigenvalue weighted by Crippen LogP contribution is -2.32. The van der Waals surface area contributed by atoms with Crippen LogP contribution >= 0.6 is 0 Å². The van der Waals surface area contributed by atoms with Gasteiger partial charge >= 0.3 is 0 Å². The predicted octanol–water partition coefficient (Wildman–Crippen LogP) is 0.538. The maximum Gasteiger partial charge on any atom is 0.251 e. The number of benzene rings is 2. The number of amides is 1. The standard InChI is InChI=1S/C18H22N4O4S/c1-26-15-6-2-12(3-7-15)17-14(11-21-22-17)10-20-18(23)13-4-8-16(9-5-13)27(19,24)25/h2-9,14,17,21-22H,10-11H2,1H3,(H,20,23)(H2,19,24,25). The molecule has 144 valence electrons. The van der Waals surface area contributed by atoms with Crippen molar-refractivity contribution in [2.75, 3.05) is 20.2 Å². The van der Waals surface area contributed by atoms with Gasteiger partial charge < -0.3 is 10.1 Å². The summed E-state index contributed by atoms with van der Waals surface area (Å²) >= 11 is 0. The second-order valence-electron chi connectivity index (χ2n) is 6.32. The number of primary sulfonamides is 1. The molecular weight excluding hydrogens is 368 g/mol. The monoisotopic (exact) mass is 390 g/mol. The van der Waals surface area contributed by atoms with Gasteiger partial charge in [-0.05, 0) is 42.0 Å². The van der Waals surface area contributed by atoms with E-state index in [-0.39, 0.29) is 22.8 Å². The van der Waals surface area contributed by atoms with Crippen molar-refractivity contribution in [3.8, 4) is 5.75 Å². The molecule has 9 heteroatoms. The van der Waals surface area contributed by atoms with E-state index in [0.29, 0.717) is 18.7 Å². The number of nitrogens with two attached hydrogens (primary N) is 1. The summed E-state index contributed by atoms with van der Waals surface area (Å²) < 4.78 is 27.7. The lowest BCUT2D eigenvalue weighted by Gasteiger charge is -2.19. The van der Waals surface area contributed by atoms with Gasteiger partial charge in [-0.2, -0.15) is 0 Å². The first-order valence-corrected chi connectivity index (χ1v) is 9.96. The molecule has 3 rings (SSSR count). The lowest BCUT2D eigenvalue weighted by atomic mass is 9.94. The second-order valence-corrected chi connectivity index (χ2v) is 7.88. The van der Waals surface area contributed by atoms with E-state index < -0.39 is 10.0 Å². The Kier molecular flexibility index (Phi) is 5.76. The molecule has 0 spiro atoms. The molecule has 0 radical (unpaired) electrons. The van der Waals surface area contributed by atoms with Gasteiger partial charge in [0.15, 0.2) is 0 Å². The minimum atomic E-state index is -3.77. The molecule has 1 heterocycles. The van der Waals surface area contributed by atoms with Gasteiger partial charge in [0.1, 0.15) is 5.75 Å². The smallest absolute Gasteiger partial charge is 0.251 e. The molecule has 1 amide bonds. The van der Waals surface area contributed by atoms with Gasteiger partial charge in [0, 0.05) is 24.6 Å². The van der Waals surface area contributed by atoms with Crippen LogP contribution in [0.2, 0.25) is 0 Å². The van der Waals surface area contributed by atoms with Crippen molar-refractivity contribution >= 4 is 15.9 Å². The molecule has 1 fully saturated rings. The van der Waals surface area contributed by atoms with Crippen molar-refractivity contribution in [3.63, 3.8) is 0 Å². The normalized spacial score (nSPS) is 19.6. The van der Waals surface area contributed by atoms with Gasteiger partial charge in [-0.25, -0.2) is 19.0 Å². The van der Waals surface area contributed by atoms with Crippen LogP contribution in [0, 0.1) is 5.92 Å². The van der Waals surface area contributed by atoms with Crippen LogP contribution in [0.1, 0.15) is 22.0 Å². The first-order valence-electron chi connectivity index (χ1n) is 8.42. The van der Waals surface area contributed by atoms with Gasteiger partial charge in [0.25, 0.3) is 5.91 Å². The number of methoxy groups -OCH3 is 1. The van der Waals surface area contributed by atoms with Crippen LogP contribution in [0.25, 0.3) is 0 Å². The number of carbonyl (C=O) groups excluding carboxylic acids is 1. The molecule has 2 atom stereocenters.